The van der Waals surface area contributed by atoms with Crippen LogP contribution in [-0.2, 0) is 52.7 Å². The molecule has 0 aromatic carbocycles. The summed E-state index contributed by atoms with van der Waals surface area (Å²) >= 11 is 0. The molecule has 1 saturated heterocycles. The Kier molecular flexibility index (Phi) is 14.4. The Morgan fingerprint density at radius 2 is 1.69 bits per heavy atom. The van der Waals surface area contributed by atoms with E-state index < -0.39 is 6.09 Å². The zero-order valence-electron chi connectivity index (χ0n) is 32.2. The van der Waals surface area contributed by atoms with Crippen LogP contribution in [0.2, 0.25) is 0 Å². The third-order valence-electron chi connectivity index (χ3n) is 10.8. The number of aryl methyl sites for hydroxylation is 2. The zero-order chi connectivity index (χ0) is 37.3. The topological polar surface area (TPSA) is 154 Å². The summed E-state index contributed by atoms with van der Waals surface area (Å²) < 4.78 is 24.8. The Labute approximate surface area is 303 Å². The number of hydrogen-bond acceptors (Lipinski definition) is 11. The van der Waals surface area contributed by atoms with Gasteiger partial charge in [-0.25, -0.2) is 9.48 Å². The monoisotopic (exact) mass is 718 g/mol. The molecule has 51 heavy (non-hydrogen) atoms. The number of hydrogen-bond donors (Lipinski definition) is 1. The molecule has 2 aliphatic carbocycles. The Hall–Kier alpha value is -3.10. The smallest absolute Gasteiger partial charge is 0.407 e. The summed E-state index contributed by atoms with van der Waals surface area (Å²) in [6.45, 7) is 17.0. The summed E-state index contributed by atoms with van der Waals surface area (Å²) in [6, 6.07) is -0.263. The van der Waals surface area contributed by atoms with E-state index in [0.29, 0.717) is 50.6 Å². The van der Waals surface area contributed by atoms with Gasteiger partial charge in [0.15, 0.2) is 0 Å². The van der Waals surface area contributed by atoms with Gasteiger partial charge in [-0.05, 0) is 90.9 Å². The number of fused-ring (bicyclic) bond motifs is 2. The molecule has 1 unspecified atom stereocenters. The van der Waals surface area contributed by atoms with Gasteiger partial charge in [0.25, 0.3) is 0 Å². The molecule has 3 aliphatic rings. The SMILES string of the molecule is COC(C)(C)CCOC(C)(C)CCn1nnc2c1CC[C@@H]1[C@H](CC2)[C@@H]1COC(=O)NCCC(=O)N1CCN(CC(C)=O)C(COC(=O)C(C)C)C1. The van der Waals surface area contributed by atoms with Gasteiger partial charge in [0.1, 0.15) is 12.4 Å². The number of aromatic nitrogens is 3. The van der Waals surface area contributed by atoms with Gasteiger partial charge in [-0.1, -0.05) is 19.1 Å². The van der Waals surface area contributed by atoms with Crippen molar-refractivity contribution < 1.29 is 38.1 Å². The first-order valence-corrected chi connectivity index (χ1v) is 18.8. The van der Waals surface area contributed by atoms with Crippen LogP contribution in [0.4, 0.5) is 4.79 Å². The molecule has 2 heterocycles. The summed E-state index contributed by atoms with van der Waals surface area (Å²) in [6.07, 6.45) is 5.06. The molecule has 1 aromatic heterocycles. The molecule has 1 aliphatic heterocycles. The van der Waals surface area contributed by atoms with Crippen molar-refractivity contribution in [3.8, 4) is 0 Å². The van der Waals surface area contributed by atoms with E-state index in [1.165, 1.54) is 12.6 Å². The van der Waals surface area contributed by atoms with Crippen LogP contribution >= 0.6 is 0 Å². The number of amides is 2. The Bertz CT molecular complexity index is 1350. The Balaban J connectivity index is 1.15. The van der Waals surface area contributed by atoms with E-state index in [1.54, 1.807) is 25.9 Å². The lowest BCUT2D eigenvalue weighted by Gasteiger charge is -2.40. The lowest BCUT2D eigenvalue weighted by atomic mass is 10.0. The van der Waals surface area contributed by atoms with E-state index in [-0.39, 0.29) is 66.9 Å². The number of ketones is 1. The van der Waals surface area contributed by atoms with E-state index in [2.05, 4.69) is 48.0 Å². The minimum Gasteiger partial charge on any atom is -0.464 e. The highest BCUT2D eigenvalue weighted by Gasteiger charge is 2.50. The number of ether oxygens (including phenoxy) is 4. The molecule has 14 heteroatoms. The maximum absolute atomic E-state index is 13.0. The molecular formula is C37H62N6O8. The molecule has 288 valence electrons. The standard InChI is InChI=1S/C37H62N6O8/c1-25(2)34(46)49-23-27-22-42(19-18-41(27)21-26(3)44)33(45)13-16-38-35(47)50-24-30-28-9-11-31-32(12-10-29(28)30)43(40-39-31)17-14-37(6,7)51-20-15-36(4,5)48-8/h25,27-30H,9-24H2,1-8H3,(H,38,47)/t27?,28-,29+,30-/m0/s1. The number of piperazine rings is 1. The van der Waals surface area contributed by atoms with E-state index in [4.69, 9.17) is 18.9 Å². The highest BCUT2D eigenvalue weighted by Crippen LogP contribution is 2.53. The number of rotatable bonds is 18. The van der Waals surface area contributed by atoms with Crippen molar-refractivity contribution in [3.05, 3.63) is 11.4 Å². The largest absolute Gasteiger partial charge is 0.464 e. The number of nitrogens with zero attached hydrogens (tertiary/aromatic N) is 5. The highest BCUT2D eigenvalue weighted by atomic mass is 16.5. The van der Waals surface area contributed by atoms with Crippen LogP contribution in [0.3, 0.4) is 0 Å². The van der Waals surface area contributed by atoms with Crippen LogP contribution in [0.1, 0.15) is 92.0 Å². The summed E-state index contributed by atoms with van der Waals surface area (Å²) in [5.41, 5.74) is 1.79. The number of carbonyl (C=O) groups is 4. The van der Waals surface area contributed by atoms with Crippen molar-refractivity contribution >= 4 is 23.8 Å². The Morgan fingerprint density at radius 3 is 2.37 bits per heavy atom. The first-order valence-electron chi connectivity index (χ1n) is 18.8. The molecule has 1 aromatic rings. The Morgan fingerprint density at radius 1 is 0.961 bits per heavy atom. The van der Waals surface area contributed by atoms with Crippen molar-refractivity contribution in [2.24, 2.45) is 23.7 Å². The lowest BCUT2D eigenvalue weighted by molar-refractivity contribution is -0.150. The van der Waals surface area contributed by atoms with Crippen LogP contribution in [0.25, 0.3) is 0 Å². The molecule has 1 N–H and O–H groups in total. The van der Waals surface area contributed by atoms with E-state index >= 15 is 0 Å². The second-order valence-electron chi connectivity index (χ2n) is 16.1. The normalized spacial score (nSPS) is 22.4. The fourth-order valence-electron chi connectivity index (χ4n) is 7.14. The number of alkyl carbamates (subject to hydrolysis) is 1. The predicted octanol–water partition coefficient (Wildman–Crippen LogP) is 3.44. The van der Waals surface area contributed by atoms with Gasteiger partial charge < -0.3 is 29.2 Å². The van der Waals surface area contributed by atoms with E-state index in [9.17, 15) is 19.2 Å². The van der Waals surface area contributed by atoms with Crippen molar-refractivity contribution in [2.45, 2.75) is 117 Å². The molecule has 14 nitrogen and oxygen atoms in total. The first kappa shape index (κ1) is 40.7. The van der Waals surface area contributed by atoms with Gasteiger partial charge in [-0.3, -0.25) is 19.3 Å². The number of nitrogens with one attached hydrogen (secondary N) is 1. The van der Waals surface area contributed by atoms with Gasteiger partial charge in [0.2, 0.25) is 5.91 Å². The molecule has 2 amide bonds. The van der Waals surface area contributed by atoms with E-state index in [0.717, 1.165) is 50.8 Å². The quantitative estimate of drug-likeness (QED) is 0.222. The van der Waals surface area contributed by atoms with E-state index in [1.807, 2.05) is 4.90 Å². The molecular weight excluding hydrogens is 656 g/mol. The minimum absolute atomic E-state index is 0.0170. The average Bonchev–Trinajstić information content (AvgIpc) is 3.57. The number of carbonyl (C=O) groups excluding carboxylic acids is 4. The molecule has 4 rings (SSSR count). The van der Waals surface area contributed by atoms with Gasteiger partial charge in [0, 0.05) is 46.3 Å². The van der Waals surface area contributed by atoms with Gasteiger partial charge >= 0.3 is 12.1 Å². The van der Waals surface area contributed by atoms with Gasteiger partial charge in [-0.15, -0.1) is 5.10 Å². The summed E-state index contributed by atoms with van der Waals surface area (Å²) in [7, 11) is 1.73. The highest BCUT2D eigenvalue weighted by molar-refractivity contribution is 5.78. The van der Waals surface area contributed by atoms with Gasteiger partial charge in [0.05, 0.1) is 54.3 Å². The molecule has 0 bridgehead atoms. The minimum atomic E-state index is -0.511. The molecule has 0 radical (unpaired) electrons. The molecule has 2 fully saturated rings. The first-order chi connectivity index (χ1) is 24.1. The third kappa shape index (κ3) is 12.2. The number of Topliss-reactive ketones (excluding diaryl/α,β-unsaturated/α-hetero) is 1. The fourth-order valence-corrected chi connectivity index (χ4v) is 7.14. The van der Waals surface area contributed by atoms with Crippen LogP contribution in [-0.4, -0.2) is 125 Å². The predicted molar refractivity (Wildman–Crippen MR) is 190 cm³/mol. The fraction of sp³-hybridized carbons (Fsp3) is 0.838. The maximum Gasteiger partial charge on any atom is 0.407 e. The van der Waals surface area contributed by atoms with Crippen molar-refractivity contribution in [1.82, 2.24) is 30.1 Å². The second-order valence-corrected chi connectivity index (χ2v) is 16.1. The number of esters is 1. The van der Waals surface area contributed by atoms with Crippen LogP contribution in [0.5, 0.6) is 0 Å². The summed E-state index contributed by atoms with van der Waals surface area (Å²) in [5.74, 6) is 0.696. The maximum atomic E-state index is 13.0. The van der Waals surface area contributed by atoms with Gasteiger partial charge in [-0.2, -0.15) is 0 Å². The van der Waals surface area contributed by atoms with Crippen LogP contribution in [0.15, 0.2) is 0 Å². The number of methoxy groups -OCH3 is 1. The molecule has 4 atom stereocenters. The summed E-state index contributed by atoms with van der Waals surface area (Å²) in [5, 5.41) is 11.8. The summed E-state index contributed by atoms with van der Waals surface area (Å²) in [4.78, 5) is 53.0. The lowest BCUT2D eigenvalue weighted by Crippen LogP contribution is -2.57. The van der Waals surface area contributed by atoms with Crippen molar-refractivity contribution in [3.63, 3.8) is 0 Å². The zero-order valence-corrected chi connectivity index (χ0v) is 32.2. The second kappa shape index (κ2) is 18.1. The molecule has 0 spiro atoms. The van der Waals surface area contributed by atoms with Crippen molar-refractivity contribution in [2.75, 3.05) is 59.7 Å². The van der Waals surface area contributed by atoms with Crippen LogP contribution < -0.4 is 5.32 Å². The van der Waals surface area contributed by atoms with Crippen molar-refractivity contribution in [1.29, 1.82) is 0 Å². The van der Waals surface area contributed by atoms with Crippen LogP contribution in [0, 0.1) is 23.7 Å². The molecule has 1 saturated carbocycles. The average molecular weight is 719 g/mol. The third-order valence-corrected chi connectivity index (χ3v) is 10.8.